The molecule has 0 amide bonds. The molecule has 2 atom stereocenters. The summed E-state index contributed by atoms with van der Waals surface area (Å²) in [6.07, 6.45) is 7.22. The fourth-order valence-corrected chi connectivity index (χ4v) is 10.6. The van der Waals surface area contributed by atoms with Crippen LogP contribution in [0.2, 0.25) is 0 Å². The lowest BCUT2D eigenvalue weighted by atomic mass is 9.78. The Bertz CT molecular complexity index is 3510. The van der Waals surface area contributed by atoms with Crippen molar-refractivity contribution in [3.8, 4) is 33.4 Å². The van der Waals surface area contributed by atoms with Gasteiger partial charge in [-0.2, -0.15) is 0 Å². The van der Waals surface area contributed by atoms with E-state index < -0.39 is 0 Å². The van der Waals surface area contributed by atoms with Gasteiger partial charge in [-0.1, -0.05) is 189 Å². The minimum absolute atomic E-state index is 0.142. The lowest BCUT2D eigenvalue weighted by molar-refractivity contribution is 0.629. The third kappa shape index (κ3) is 5.70. The molecule has 1 aliphatic rings. The summed E-state index contributed by atoms with van der Waals surface area (Å²) in [5, 5.41) is 12.2. The van der Waals surface area contributed by atoms with E-state index in [1.807, 2.05) is 12.1 Å². The summed E-state index contributed by atoms with van der Waals surface area (Å²) in [4.78, 5) is 1.01. The van der Waals surface area contributed by atoms with Gasteiger partial charge in [0.2, 0.25) is 0 Å². The third-order valence-corrected chi connectivity index (χ3v) is 13.5. The quantitative estimate of drug-likeness (QED) is 0.135. The Hall–Kier alpha value is -7.13. The molecule has 10 aromatic carbocycles. The predicted octanol–water partition coefficient (Wildman–Crippen LogP) is 16.9. The highest BCUT2D eigenvalue weighted by Crippen LogP contribution is 2.48. The number of para-hydroxylation sites is 1. The highest BCUT2D eigenvalue weighted by Gasteiger charge is 2.26. The maximum atomic E-state index is 6.40. The van der Waals surface area contributed by atoms with Crippen LogP contribution >= 0.6 is 12.6 Å². The van der Waals surface area contributed by atoms with Crippen molar-refractivity contribution in [3.05, 3.63) is 217 Å². The Morgan fingerprint density at radius 3 is 1.39 bits per heavy atom. The number of fused-ring (bicyclic) bond motifs is 7. The number of furan rings is 1. The summed E-state index contributed by atoms with van der Waals surface area (Å²) in [5.74, 6) is 0.433. The molecule has 2 heteroatoms. The third-order valence-electron chi connectivity index (χ3n) is 13.1. The van der Waals surface area contributed by atoms with Gasteiger partial charge in [-0.05, 0) is 123 Å². The van der Waals surface area contributed by atoms with E-state index in [1.165, 1.54) is 87.6 Å². The fourth-order valence-electron chi connectivity index (χ4n) is 10.3. The van der Waals surface area contributed by atoms with Crippen LogP contribution < -0.4 is 0 Å². The maximum Gasteiger partial charge on any atom is 0.136 e. The Morgan fingerprint density at radius 2 is 0.836 bits per heavy atom. The minimum atomic E-state index is 0.142. The Morgan fingerprint density at radius 1 is 0.393 bits per heavy atom. The topological polar surface area (TPSA) is 13.1 Å². The predicted molar refractivity (Wildman–Crippen MR) is 263 cm³/mol. The molecule has 61 heavy (non-hydrogen) atoms. The van der Waals surface area contributed by atoms with E-state index in [1.54, 1.807) is 0 Å². The van der Waals surface area contributed by atoms with Gasteiger partial charge >= 0.3 is 0 Å². The molecule has 0 N–H and O–H groups in total. The number of thiol groups is 1. The zero-order valence-electron chi connectivity index (χ0n) is 33.6. The lowest BCUT2D eigenvalue weighted by Crippen LogP contribution is -2.10. The van der Waals surface area contributed by atoms with Gasteiger partial charge in [0.15, 0.2) is 0 Å². The fraction of sp³-hybridized carbons (Fsp3) is 0.0508. The molecule has 11 aromatic rings. The summed E-state index contributed by atoms with van der Waals surface area (Å²) in [6, 6.07) is 68.3. The largest absolute Gasteiger partial charge is 0.456 e. The zero-order chi connectivity index (χ0) is 40.6. The number of hydrogen-bond donors (Lipinski definition) is 1. The molecule has 0 radical (unpaired) electrons. The van der Waals surface area contributed by atoms with Crippen molar-refractivity contribution in [2.75, 3.05) is 0 Å². The first kappa shape index (κ1) is 35.8. The Labute approximate surface area is 360 Å². The summed E-state index contributed by atoms with van der Waals surface area (Å²) < 4.78 is 6.40. The molecular weight excluding hydrogens is 757 g/mol. The maximum absolute atomic E-state index is 6.40. The molecule has 1 aliphatic carbocycles. The van der Waals surface area contributed by atoms with Gasteiger partial charge in [0.1, 0.15) is 11.2 Å². The van der Waals surface area contributed by atoms with Crippen molar-refractivity contribution >= 4 is 83.2 Å². The molecule has 1 nitrogen and oxygen atoms in total. The molecule has 1 heterocycles. The van der Waals surface area contributed by atoms with Gasteiger partial charge in [-0.25, -0.2) is 0 Å². The molecule has 0 saturated heterocycles. The monoisotopic (exact) mass is 796 g/mol. The molecule has 288 valence electrons. The number of hydrogen-bond acceptors (Lipinski definition) is 2. The number of allylic oxidation sites excluding steroid dienone is 4. The molecular formula is C59H40OS. The van der Waals surface area contributed by atoms with Gasteiger partial charge in [0.05, 0.1) is 0 Å². The van der Waals surface area contributed by atoms with E-state index in [-0.39, 0.29) is 5.92 Å². The van der Waals surface area contributed by atoms with E-state index in [9.17, 15) is 0 Å². The molecule has 0 aliphatic heterocycles. The van der Waals surface area contributed by atoms with Crippen molar-refractivity contribution in [1.29, 1.82) is 0 Å². The first-order valence-corrected chi connectivity index (χ1v) is 21.6. The average Bonchev–Trinajstić information content (AvgIpc) is 3.68. The van der Waals surface area contributed by atoms with E-state index >= 15 is 0 Å². The van der Waals surface area contributed by atoms with Crippen LogP contribution in [0.3, 0.4) is 0 Å². The molecule has 1 aromatic heterocycles. The molecule has 1 unspecified atom stereocenters. The lowest BCUT2D eigenvalue weighted by Gasteiger charge is -2.27. The molecule has 0 saturated carbocycles. The summed E-state index contributed by atoms with van der Waals surface area (Å²) in [6.45, 7) is 2.33. The van der Waals surface area contributed by atoms with Crippen molar-refractivity contribution in [3.63, 3.8) is 0 Å². The van der Waals surface area contributed by atoms with Crippen LogP contribution in [0.4, 0.5) is 0 Å². The summed E-state index contributed by atoms with van der Waals surface area (Å²) in [7, 11) is 0. The Balaban J connectivity index is 0.999. The second kappa shape index (κ2) is 14.3. The van der Waals surface area contributed by atoms with Crippen molar-refractivity contribution < 1.29 is 4.42 Å². The Kier molecular flexibility index (Phi) is 8.37. The van der Waals surface area contributed by atoms with E-state index in [0.717, 1.165) is 32.4 Å². The summed E-state index contributed by atoms with van der Waals surface area (Å²) >= 11 is 5.30. The standard InChI is InChI=1S/C59H40OS/c1-36-27-28-38(57-48-22-9-11-24-50(48)58(51-25-12-10-23-49(51)57)39-29-31-42-41-17-13-14-26-53(41)60-54(42)34-39)33-52(36)43-32-30-40(35-55(43)61)59-46-20-7-5-18-44(46)56(37-15-3-2-4-16-37)45-19-6-8-21-47(45)59/h2-36,52,61H,1H3/t36-,52?/m0/s1. The summed E-state index contributed by atoms with van der Waals surface area (Å²) in [5.41, 5.74) is 12.9. The van der Waals surface area contributed by atoms with Crippen LogP contribution in [0.1, 0.15) is 24.0 Å². The second-order valence-corrected chi connectivity index (χ2v) is 17.0. The first-order valence-electron chi connectivity index (χ1n) is 21.2. The first-order chi connectivity index (χ1) is 30.1. The van der Waals surface area contributed by atoms with E-state index in [2.05, 4.69) is 201 Å². The second-order valence-electron chi connectivity index (χ2n) is 16.5. The average molecular weight is 797 g/mol. The molecule has 0 fully saturated rings. The smallest absolute Gasteiger partial charge is 0.136 e. The van der Waals surface area contributed by atoms with Crippen LogP contribution in [0.25, 0.3) is 104 Å². The highest BCUT2D eigenvalue weighted by molar-refractivity contribution is 7.80. The zero-order valence-corrected chi connectivity index (χ0v) is 34.5. The van der Waals surface area contributed by atoms with E-state index in [0.29, 0.717) is 5.92 Å². The number of rotatable bonds is 5. The van der Waals surface area contributed by atoms with Gasteiger partial charge < -0.3 is 4.42 Å². The van der Waals surface area contributed by atoms with Crippen molar-refractivity contribution in [2.24, 2.45) is 5.92 Å². The normalized spacial score (nSPS) is 15.4. The van der Waals surface area contributed by atoms with Crippen LogP contribution in [-0.2, 0) is 0 Å². The van der Waals surface area contributed by atoms with Gasteiger partial charge in [0, 0.05) is 21.6 Å². The molecule has 0 spiro atoms. The molecule has 12 rings (SSSR count). The van der Waals surface area contributed by atoms with Crippen LogP contribution in [0.15, 0.2) is 216 Å². The van der Waals surface area contributed by atoms with E-state index in [4.69, 9.17) is 17.0 Å². The SMILES string of the molecule is C[C@H]1C=CC(c2c3ccccc3c(-c3ccc4c(c3)oc3ccccc34)c3ccccc23)=CC1c1ccc(-c2c3ccccc3c(-c3ccccc3)c3ccccc23)cc1S. The van der Waals surface area contributed by atoms with Crippen LogP contribution in [0.5, 0.6) is 0 Å². The van der Waals surface area contributed by atoms with Crippen molar-refractivity contribution in [1.82, 2.24) is 0 Å². The molecule has 0 bridgehead atoms. The van der Waals surface area contributed by atoms with Crippen molar-refractivity contribution in [2.45, 2.75) is 17.7 Å². The van der Waals surface area contributed by atoms with Gasteiger partial charge in [-0.3, -0.25) is 0 Å². The van der Waals surface area contributed by atoms with Gasteiger partial charge in [-0.15, -0.1) is 12.6 Å². The highest BCUT2D eigenvalue weighted by atomic mass is 32.1. The number of benzene rings is 10. The van der Waals surface area contributed by atoms with Crippen LogP contribution in [0, 0.1) is 5.92 Å². The van der Waals surface area contributed by atoms with Crippen LogP contribution in [-0.4, -0.2) is 0 Å². The van der Waals surface area contributed by atoms with Gasteiger partial charge in [0.25, 0.3) is 0 Å². The minimum Gasteiger partial charge on any atom is -0.456 e.